The van der Waals surface area contributed by atoms with Crippen molar-refractivity contribution in [2.24, 2.45) is 5.73 Å². The number of benzene rings is 3. The number of aliphatic hydroxyl groups excluding tert-OH is 4. The van der Waals surface area contributed by atoms with Gasteiger partial charge in [0.1, 0.15) is 55.1 Å². The van der Waals surface area contributed by atoms with Gasteiger partial charge in [-0.05, 0) is 49.5 Å². The van der Waals surface area contributed by atoms with Crippen LogP contribution in [-0.2, 0) is 14.3 Å². The van der Waals surface area contributed by atoms with Crippen LogP contribution in [0.4, 0.5) is 5.69 Å². The standard InChI is InChI=1S/C41H45N5O11/c42-40-44-37-28(38(53)45-40)43-19-46(37)26-11-5-4-8-21(26)20-12-16-55-41(13-6-1-7-14-41)36-32(51)31(50)33(52)39(57-36)56-34-24(20)18-25-27(35(34)54-17-15-47)30(49)23-10-3-2-9-22(23)29(25)48/h2-5,8-12,16,18,20,28,31-33,36-37,39-40,43-44,47,50-52H,1,6-7,13-15,17,19,42H2,(H,45,53). The second kappa shape index (κ2) is 14.8. The summed E-state index contributed by atoms with van der Waals surface area (Å²) < 4.78 is 25.9. The van der Waals surface area contributed by atoms with Gasteiger partial charge in [0.15, 0.2) is 23.1 Å². The average Bonchev–Trinajstić information content (AvgIpc) is 3.64. The highest BCUT2D eigenvalue weighted by Crippen LogP contribution is 2.50. The molecule has 4 heterocycles. The molecule has 9 N–H and O–H groups in total. The van der Waals surface area contributed by atoms with E-state index in [-0.39, 0.29) is 52.9 Å². The molecule has 9 atom stereocenters. The van der Waals surface area contributed by atoms with Crippen molar-refractivity contribution in [1.82, 2.24) is 16.0 Å². The Kier molecular flexibility index (Phi) is 9.77. The molecule has 57 heavy (non-hydrogen) atoms. The van der Waals surface area contributed by atoms with Crippen LogP contribution in [0.15, 0.2) is 66.9 Å². The zero-order valence-corrected chi connectivity index (χ0v) is 30.9. The van der Waals surface area contributed by atoms with Gasteiger partial charge >= 0.3 is 0 Å². The van der Waals surface area contributed by atoms with Gasteiger partial charge in [0.2, 0.25) is 12.2 Å². The molecule has 300 valence electrons. The second-order valence-electron chi connectivity index (χ2n) is 15.4. The van der Waals surface area contributed by atoms with Crippen molar-refractivity contribution in [1.29, 1.82) is 0 Å². The van der Waals surface area contributed by atoms with Crippen LogP contribution < -0.4 is 36.1 Å². The van der Waals surface area contributed by atoms with Crippen molar-refractivity contribution in [2.45, 2.75) is 92.8 Å². The van der Waals surface area contributed by atoms with E-state index in [2.05, 4.69) is 16.0 Å². The van der Waals surface area contributed by atoms with Crippen LogP contribution in [0.25, 0.3) is 0 Å². The molecule has 3 aromatic carbocycles. The number of nitrogens with two attached hydrogens (primary N) is 1. The minimum atomic E-state index is -1.77. The maximum atomic E-state index is 14.4. The van der Waals surface area contributed by atoms with Crippen molar-refractivity contribution in [3.63, 3.8) is 0 Å². The Labute approximate surface area is 327 Å². The monoisotopic (exact) mass is 783 g/mol. The van der Waals surface area contributed by atoms with E-state index in [1.807, 2.05) is 29.2 Å². The number of rotatable bonds is 5. The smallest absolute Gasteiger partial charge is 0.242 e. The first-order chi connectivity index (χ1) is 27.6. The van der Waals surface area contributed by atoms with E-state index in [0.29, 0.717) is 29.7 Å². The van der Waals surface area contributed by atoms with Crippen LogP contribution in [0, 0.1) is 0 Å². The summed E-state index contributed by atoms with van der Waals surface area (Å²) >= 11 is 0. The number of hydrogen-bond acceptors (Lipinski definition) is 15. The highest BCUT2D eigenvalue weighted by molar-refractivity contribution is 6.29. The number of nitrogens with one attached hydrogen (secondary N) is 3. The van der Waals surface area contributed by atoms with Gasteiger partial charge < -0.3 is 49.6 Å². The topological polar surface area (TPSA) is 234 Å². The molecule has 4 aliphatic heterocycles. The molecule has 1 spiro atoms. The lowest BCUT2D eigenvalue weighted by atomic mass is 9.76. The maximum absolute atomic E-state index is 14.4. The molecule has 4 fully saturated rings. The van der Waals surface area contributed by atoms with E-state index in [9.17, 15) is 34.8 Å². The third kappa shape index (κ3) is 6.18. The first kappa shape index (κ1) is 37.7. The number of aliphatic hydroxyl groups is 4. The predicted molar refractivity (Wildman–Crippen MR) is 201 cm³/mol. The Hall–Kier alpha value is -4.91. The van der Waals surface area contributed by atoms with Crippen LogP contribution >= 0.6 is 0 Å². The molecular weight excluding hydrogens is 738 g/mol. The first-order valence-electron chi connectivity index (χ1n) is 19.4. The van der Waals surface area contributed by atoms with Crippen molar-refractivity contribution in [3.8, 4) is 11.5 Å². The Morgan fingerprint density at radius 1 is 0.895 bits per heavy atom. The van der Waals surface area contributed by atoms with E-state index in [4.69, 9.17) is 24.7 Å². The van der Waals surface area contributed by atoms with Gasteiger partial charge in [-0.3, -0.25) is 30.8 Å². The molecule has 3 aromatic rings. The van der Waals surface area contributed by atoms with Gasteiger partial charge in [-0.1, -0.05) is 48.9 Å². The molecule has 0 radical (unpaired) electrons. The summed E-state index contributed by atoms with van der Waals surface area (Å²) in [6.45, 7) is -0.493. The number of carbonyl (C=O) groups is 3. The van der Waals surface area contributed by atoms with Crippen molar-refractivity contribution >= 4 is 23.2 Å². The summed E-state index contributed by atoms with van der Waals surface area (Å²) in [7, 11) is 0. The normalized spacial score (nSPS) is 31.5. The van der Waals surface area contributed by atoms with E-state index in [1.165, 1.54) is 6.26 Å². The van der Waals surface area contributed by atoms with Gasteiger partial charge in [0.25, 0.3) is 0 Å². The van der Waals surface area contributed by atoms with Gasteiger partial charge in [0.05, 0.1) is 25.1 Å². The van der Waals surface area contributed by atoms with Crippen LogP contribution in [-0.4, -0.2) is 113 Å². The molecule has 16 nitrogen and oxygen atoms in total. The quantitative estimate of drug-likeness (QED) is 0.137. The summed E-state index contributed by atoms with van der Waals surface area (Å²) in [6, 6.07) is 14.9. The zero-order chi connectivity index (χ0) is 39.6. The fraction of sp³-hybridized carbons (Fsp3) is 0.439. The SMILES string of the molecule is NC1NC(=O)C2NCN(c3ccccc3C3C=COC4(CCCCC4)C4OC(Oc5c3cc3c(c5OCCO)C(=O)c5ccccc5C3=O)C(O)C(O)C4O)C2N1. The Morgan fingerprint density at radius 3 is 2.40 bits per heavy atom. The maximum Gasteiger partial charge on any atom is 0.242 e. The number of amides is 1. The minimum Gasteiger partial charge on any atom is -0.492 e. The highest BCUT2D eigenvalue weighted by atomic mass is 16.7. The van der Waals surface area contributed by atoms with Crippen molar-refractivity contribution < 1.29 is 53.8 Å². The average molecular weight is 784 g/mol. The lowest BCUT2D eigenvalue weighted by molar-refractivity contribution is -0.308. The fourth-order valence-electron chi connectivity index (χ4n) is 9.33. The Balaban J connectivity index is 1.29. The lowest BCUT2D eigenvalue weighted by Crippen LogP contribution is -2.70. The third-order valence-corrected chi connectivity index (χ3v) is 12.1. The molecule has 16 heteroatoms. The highest BCUT2D eigenvalue weighted by Gasteiger charge is 2.56. The Bertz CT molecular complexity index is 2120. The third-order valence-electron chi connectivity index (χ3n) is 12.1. The fourth-order valence-corrected chi connectivity index (χ4v) is 9.33. The van der Waals surface area contributed by atoms with E-state index < -0.39 is 78.9 Å². The van der Waals surface area contributed by atoms with Gasteiger partial charge in [-0.25, -0.2) is 0 Å². The molecule has 6 aliphatic rings. The number of ether oxygens (including phenoxy) is 4. The lowest BCUT2D eigenvalue weighted by Gasteiger charge is -2.49. The number of carbonyl (C=O) groups excluding carboxylic acids is 3. The number of allylic oxidation sites excluding steroid dienone is 1. The van der Waals surface area contributed by atoms with Crippen LogP contribution in [0.3, 0.4) is 0 Å². The summed E-state index contributed by atoms with van der Waals surface area (Å²) in [6.07, 6.45) is -2.46. The van der Waals surface area contributed by atoms with Gasteiger partial charge in [0, 0.05) is 33.9 Å². The number of para-hydroxylation sites is 1. The second-order valence-corrected chi connectivity index (χ2v) is 15.4. The molecule has 2 aliphatic carbocycles. The predicted octanol–water partition coefficient (Wildman–Crippen LogP) is 0.422. The van der Waals surface area contributed by atoms with E-state index in [1.54, 1.807) is 36.4 Å². The summed E-state index contributed by atoms with van der Waals surface area (Å²) in [4.78, 5) is 43.8. The summed E-state index contributed by atoms with van der Waals surface area (Å²) in [5, 5.41) is 53.5. The van der Waals surface area contributed by atoms with Gasteiger partial charge in [-0.15, -0.1) is 0 Å². The molecular formula is C41H45N5O11. The van der Waals surface area contributed by atoms with Crippen LogP contribution in [0.5, 0.6) is 11.5 Å². The van der Waals surface area contributed by atoms with Crippen molar-refractivity contribution in [3.05, 3.63) is 100 Å². The largest absolute Gasteiger partial charge is 0.492 e. The Morgan fingerprint density at radius 2 is 1.63 bits per heavy atom. The zero-order valence-electron chi connectivity index (χ0n) is 30.9. The first-order valence-corrected chi connectivity index (χ1v) is 19.4. The van der Waals surface area contributed by atoms with E-state index >= 15 is 0 Å². The molecule has 9 unspecified atom stereocenters. The number of fused-ring (bicyclic) bond motifs is 7. The summed E-state index contributed by atoms with van der Waals surface area (Å²) in [5.74, 6) is -2.32. The minimum absolute atomic E-state index is 0.0300. The molecule has 1 amide bonds. The number of nitrogens with zero attached hydrogens (tertiary/aromatic N) is 1. The number of anilines is 1. The van der Waals surface area contributed by atoms with Crippen molar-refractivity contribution in [2.75, 3.05) is 24.8 Å². The van der Waals surface area contributed by atoms with Crippen LogP contribution in [0.2, 0.25) is 0 Å². The van der Waals surface area contributed by atoms with E-state index in [0.717, 1.165) is 19.3 Å². The molecule has 2 bridgehead atoms. The molecule has 9 rings (SSSR count). The molecule has 3 saturated heterocycles. The number of ketones is 2. The van der Waals surface area contributed by atoms with Gasteiger partial charge in [-0.2, -0.15) is 0 Å². The number of hydrogen-bond donors (Lipinski definition) is 8. The van der Waals surface area contributed by atoms with Crippen LogP contribution in [0.1, 0.15) is 81.0 Å². The molecule has 1 saturated carbocycles. The summed E-state index contributed by atoms with van der Waals surface area (Å²) in [5.41, 5.74) is 6.98. The molecule has 0 aromatic heterocycles.